The van der Waals surface area contributed by atoms with Crippen molar-refractivity contribution in [1.29, 1.82) is 0 Å². The Kier molecular flexibility index (Phi) is 5.19. The Morgan fingerprint density at radius 2 is 2.05 bits per heavy atom. The van der Waals surface area contributed by atoms with E-state index in [1.165, 1.54) is 0 Å². The summed E-state index contributed by atoms with van der Waals surface area (Å²) in [5, 5.41) is 7.94. The van der Waals surface area contributed by atoms with Gasteiger partial charge < -0.3 is 19.6 Å². The van der Waals surface area contributed by atoms with Crippen LogP contribution in [-0.4, -0.2) is 19.3 Å². The van der Waals surface area contributed by atoms with Crippen molar-refractivity contribution in [2.24, 2.45) is 5.92 Å². The highest BCUT2D eigenvalue weighted by Gasteiger charge is 2.33. The number of carbonyl (C=O) groups excluding carboxylic acids is 1. The molecule has 1 atom stereocenters. The van der Waals surface area contributed by atoms with Crippen molar-refractivity contribution in [2.75, 3.05) is 23.4 Å². The van der Waals surface area contributed by atoms with Crippen LogP contribution in [0.3, 0.4) is 0 Å². The van der Waals surface area contributed by atoms with Crippen LogP contribution in [0, 0.1) is 5.92 Å². The maximum absolute atomic E-state index is 12.6. The Bertz CT molecular complexity index is 591. The fourth-order valence-electron chi connectivity index (χ4n) is 1.85. The van der Waals surface area contributed by atoms with E-state index in [1.807, 2.05) is 20.8 Å². The van der Waals surface area contributed by atoms with Crippen LogP contribution in [-0.2, 0) is 9.30 Å². The molecule has 1 unspecified atom stereocenters. The molecule has 1 heterocycles. The number of hydrogen-bond donors (Lipinski definition) is 3. The molecular formula is C14H22N3O4P. The van der Waals surface area contributed by atoms with Crippen LogP contribution >= 0.6 is 7.59 Å². The van der Waals surface area contributed by atoms with Crippen molar-refractivity contribution in [3.63, 3.8) is 0 Å². The van der Waals surface area contributed by atoms with Gasteiger partial charge in [-0.05, 0) is 24.5 Å². The van der Waals surface area contributed by atoms with Gasteiger partial charge in [-0.2, -0.15) is 0 Å². The van der Waals surface area contributed by atoms with Crippen LogP contribution in [0.1, 0.15) is 27.2 Å². The molecule has 0 spiro atoms. The predicted octanol–water partition coefficient (Wildman–Crippen LogP) is 3.80. The van der Waals surface area contributed by atoms with Gasteiger partial charge in [0.2, 0.25) is 0 Å². The van der Waals surface area contributed by atoms with Crippen LogP contribution in [0.2, 0.25) is 0 Å². The largest absolute Gasteiger partial charge is 0.494 e. The first kappa shape index (κ1) is 16.5. The summed E-state index contributed by atoms with van der Waals surface area (Å²) < 4.78 is 23.1. The lowest BCUT2D eigenvalue weighted by Gasteiger charge is -2.15. The van der Waals surface area contributed by atoms with Gasteiger partial charge in [0, 0.05) is 6.07 Å². The lowest BCUT2D eigenvalue weighted by atomic mass is 10.2. The minimum atomic E-state index is -3.29. The molecule has 0 bridgehead atoms. The van der Waals surface area contributed by atoms with Crippen LogP contribution < -0.4 is 20.0 Å². The predicted molar refractivity (Wildman–Crippen MR) is 86.4 cm³/mol. The van der Waals surface area contributed by atoms with Crippen molar-refractivity contribution in [2.45, 2.75) is 27.2 Å². The second kappa shape index (κ2) is 6.92. The summed E-state index contributed by atoms with van der Waals surface area (Å²) in [6.07, 6.45) is 0.192. The average Bonchev–Trinajstić information content (AvgIpc) is 2.77. The van der Waals surface area contributed by atoms with Crippen molar-refractivity contribution in [1.82, 2.24) is 5.09 Å². The number of benzene rings is 1. The zero-order chi connectivity index (χ0) is 16.2. The second-order valence-electron chi connectivity index (χ2n) is 5.49. The standard InChI is InChI=1S/C14H22N3O4P/c1-4-7-20-11-5-6-12-13(8-11)16-22(19,15-12)17-14(18)21-9-10(2)3/h5-6,8,10H,4,7,9H2,1-3H3,(H3,15,16,17,18,19). The van der Waals surface area contributed by atoms with Gasteiger partial charge in [-0.25, -0.2) is 9.88 Å². The SMILES string of the molecule is CCCOc1ccc2c(c1)NP(=O)(NC(=O)OCC(C)C)N2. The molecule has 1 aliphatic heterocycles. The number of hydrogen-bond acceptors (Lipinski definition) is 4. The maximum atomic E-state index is 12.6. The molecule has 3 N–H and O–H groups in total. The summed E-state index contributed by atoms with van der Waals surface area (Å²) in [4.78, 5) is 11.7. The third-order valence-electron chi connectivity index (χ3n) is 2.82. The molecule has 1 aromatic rings. The van der Waals surface area contributed by atoms with Gasteiger partial charge in [0.15, 0.2) is 0 Å². The number of anilines is 2. The smallest absolute Gasteiger partial charge is 0.415 e. The molecule has 1 aliphatic rings. The molecule has 0 fully saturated rings. The van der Waals surface area contributed by atoms with E-state index < -0.39 is 13.7 Å². The fourth-order valence-corrected chi connectivity index (χ4v) is 3.40. The zero-order valence-electron chi connectivity index (χ0n) is 13.0. The van der Waals surface area contributed by atoms with Gasteiger partial charge in [0.25, 0.3) is 0 Å². The Morgan fingerprint density at radius 1 is 1.32 bits per heavy atom. The number of rotatable bonds is 6. The normalized spacial score (nSPS) is 19.1. The quantitative estimate of drug-likeness (QED) is 0.689. The second-order valence-corrected chi connectivity index (χ2v) is 7.38. The van der Waals surface area contributed by atoms with Crippen molar-refractivity contribution in [3.05, 3.63) is 18.2 Å². The number of nitrogens with one attached hydrogen (secondary N) is 3. The van der Waals surface area contributed by atoms with Crippen molar-refractivity contribution >= 4 is 25.1 Å². The molecule has 0 saturated heterocycles. The minimum Gasteiger partial charge on any atom is -0.494 e. The van der Waals surface area contributed by atoms with Crippen LogP contribution in [0.25, 0.3) is 0 Å². The van der Waals surface area contributed by atoms with E-state index in [4.69, 9.17) is 9.47 Å². The molecule has 1 amide bonds. The van der Waals surface area contributed by atoms with E-state index in [2.05, 4.69) is 15.3 Å². The van der Waals surface area contributed by atoms with E-state index in [1.54, 1.807) is 18.2 Å². The number of ether oxygens (including phenoxy) is 2. The van der Waals surface area contributed by atoms with E-state index in [0.29, 0.717) is 23.7 Å². The molecule has 122 valence electrons. The van der Waals surface area contributed by atoms with Crippen molar-refractivity contribution < 1.29 is 18.8 Å². The van der Waals surface area contributed by atoms with E-state index in [0.717, 1.165) is 6.42 Å². The van der Waals surface area contributed by atoms with Gasteiger partial charge in [-0.15, -0.1) is 0 Å². The highest BCUT2D eigenvalue weighted by atomic mass is 31.2. The molecule has 0 aromatic heterocycles. The Hall–Kier alpha value is -1.88. The summed E-state index contributed by atoms with van der Waals surface area (Å²) >= 11 is 0. The molecular weight excluding hydrogens is 305 g/mol. The average molecular weight is 327 g/mol. The van der Waals surface area contributed by atoms with E-state index in [-0.39, 0.29) is 12.5 Å². The van der Waals surface area contributed by atoms with Crippen molar-refractivity contribution in [3.8, 4) is 5.75 Å². The number of carbonyl (C=O) groups is 1. The fraction of sp³-hybridized carbons (Fsp3) is 0.500. The van der Waals surface area contributed by atoms with Gasteiger partial charge in [0.05, 0.1) is 24.6 Å². The van der Waals surface area contributed by atoms with Crippen LogP contribution in [0.4, 0.5) is 16.2 Å². The third-order valence-corrected chi connectivity index (χ3v) is 4.43. The van der Waals surface area contributed by atoms with Gasteiger partial charge in [-0.3, -0.25) is 4.57 Å². The zero-order valence-corrected chi connectivity index (χ0v) is 13.9. The lowest BCUT2D eigenvalue weighted by molar-refractivity contribution is 0.139. The van der Waals surface area contributed by atoms with Crippen LogP contribution in [0.15, 0.2) is 18.2 Å². The van der Waals surface area contributed by atoms with E-state index >= 15 is 0 Å². The monoisotopic (exact) mass is 327 g/mol. The molecule has 0 aliphatic carbocycles. The summed E-state index contributed by atoms with van der Waals surface area (Å²) in [5.74, 6) is 0.900. The summed E-state index contributed by atoms with van der Waals surface area (Å²) in [6.45, 7) is 6.76. The molecule has 1 aromatic carbocycles. The summed E-state index contributed by atoms with van der Waals surface area (Å²) in [7, 11) is -3.29. The van der Waals surface area contributed by atoms with Gasteiger partial charge >= 0.3 is 13.7 Å². The molecule has 2 rings (SSSR count). The minimum absolute atomic E-state index is 0.214. The molecule has 0 radical (unpaired) electrons. The molecule has 7 nitrogen and oxygen atoms in total. The first-order valence-corrected chi connectivity index (χ1v) is 9.01. The molecule has 0 saturated carbocycles. The van der Waals surface area contributed by atoms with Crippen LogP contribution in [0.5, 0.6) is 5.75 Å². The van der Waals surface area contributed by atoms with Gasteiger partial charge in [-0.1, -0.05) is 20.8 Å². The summed E-state index contributed by atoms with van der Waals surface area (Å²) in [6, 6.07) is 5.29. The number of amides is 1. The lowest BCUT2D eigenvalue weighted by Crippen LogP contribution is -2.26. The first-order chi connectivity index (χ1) is 10.4. The topological polar surface area (TPSA) is 88.7 Å². The van der Waals surface area contributed by atoms with Gasteiger partial charge in [0.1, 0.15) is 5.75 Å². The van der Waals surface area contributed by atoms with E-state index in [9.17, 15) is 9.36 Å². The molecule has 8 heteroatoms. The first-order valence-electron chi connectivity index (χ1n) is 7.30. The Balaban J connectivity index is 1.98. The third kappa shape index (κ3) is 4.31. The maximum Gasteiger partial charge on any atom is 0.415 e. The highest BCUT2D eigenvalue weighted by Crippen LogP contribution is 2.51. The highest BCUT2D eigenvalue weighted by molar-refractivity contribution is 7.66. The Morgan fingerprint density at radius 3 is 2.73 bits per heavy atom. The number of fused-ring (bicyclic) bond motifs is 1. The molecule has 22 heavy (non-hydrogen) atoms. The Labute approximate surface area is 130 Å². The summed E-state index contributed by atoms with van der Waals surface area (Å²) in [5.41, 5.74) is 1.28.